The highest BCUT2D eigenvalue weighted by atomic mass is 15.1. The average molecular weight is 313 g/mol. The van der Waals surface area contributed by atoms with E-state index < -0.39 is 0 Å². The van der Waals surface area contributed by atoms with E-state index in [0.29, 0.717) is 6.54 Å². The fourth-order valence-corrected chi connectivity index (χ4v) is 3.17. The van der Waals surface area contributed by atoms with Crippen LogP contribution in [-0.2, 0) is 17.5 Å². The third-order valence-electron chi connectivity index (χ3n) is 4.23. The van der Waals surface area contributed by atoms with Gasteiger partial charge in [0.2, 0.25) is 0 Å². The smallest absolute Gasteiger partial charge is 0.186 e. The molecule has 5 nitrogen and oxygen atoms in total. The van der Waals surface area contributed by atoms with Gasteiger partial charge in [-0.25, -0.2) is 9.98 Å². The van der Waals surface area contributed by atoms with Crippen molar-refractivity contribution in [1.82, 2.24) is 9.55 Å². The molecule has 4 N–H and O–H groups in total. The highest BCUT2D eigenvalue weighted by Crippen LogP contribution is 2.36. The molecule has 124 valence electrons. The first kappa shape index (κ1) is 17.1. The molecule has 0 saturated carbocycles. The van der Waals surface area contributed by atoms with Gasteiger partial charge in [0.1, 0.15) is 0 Å². The second-order valence-electron chi connectivity index (χ2n) is 7.28. The first-order chi connectivity index (χ1) is 10.7. The van der Waals surface area contributed by atoms with Crippen LogP contribution in [0.2, 0.25) is 0 Å². The standard InChI is InChI=1S/C18H27N5/c1-17(2,12-18(3,4)23-9-8-21-13-23)15-7-5-6-14(10-15)11-22-16(19)20/h5-10,13H,11-12H2,1-4H3,(H4,19,20,22). The normalized spacial score (nSPS) is 12.2. The summed E-state index contributed by atoms with van der Waals surface area (Å²) in [4.78, 5) is 8.26. The molecule has 1 aromatic carbocycles. The minimum atomic E-state index is -0.0180. The van der Waals surface area contributed by atoms with Gasteiger partial charge in [0, 0.05) is 17.9 Å². The number of benzene rings is 1. The Kier molecular flexibility index (Phi) is 4.78. The van der Waals surface area contributed by atoms with Gasteiger partial charge >= 0.3 is 0 Å². The molecular formula is C18H27N5. The molecule has 0 atom stereocenters. The van der Waals surface area contributed by atoms with Crippen LogP contribution in [0.5, 0.6) is 0 Å². The summed E-state index contributed by atoms with van der Waals surface area (Å²) in [6.45, 7) is 9.52. The Bertz CT molecular complexity index is 664. The zero-order valence-electron chi connectivity index (χ0n) is 14.5. The lowest BCUT2D eigenvalue weighted by Gasteiger charge is -2.36. The van der Waals surface area contributed by atoms with Crippen molar-refractivity contribution in [3.05, 3.63) is 54.1 Å². The van der Waals surface area contributed by atoms with Crippen LogP contribution < -0.4 is 11.5 Å². The van der Waals surface area contributed by atoms with E-state index in [-0.39, 0.29) is 16.9 Å². The van der Waals surface area contributed by atoms with Gasteiger partial charge in [0.25, 0.3) is 0 Å². The molecule has 23 heavy (non-hydrogen) atoms. The summed E-state index contributed by atoms with van der Waals surface area (Å²) in [5, 5.41) is 0. The number of hydrogen-bond acceptors (Lipinski definition) is 2. The Morgan fingerprint density at radius 2 is 1.96 bits per heavy atom. The summed E-state index contributed by atoms with van der Waals surface area (Å²) < 4.78 is 2.16. The van der Waals surface area contributed by atoms with E-state index in [1.54, 1.807) is 0 Å². The molecule has 0 aliphatic carbocycles. The molecule has 0 amide bonds. The molecule has 5 heteroatoms. The Morgan fingerprint density at radius 3 is 2.57 bits per heavy atom. The van der Waals surface area contributed by atoms with E-state index in [1.807, 2.05) is 24.8 Å². The summed E-state index contributed by atoms with van der Waals surface area (Å²) in [5.74, 6) is 0.121. The molecule has 0 bridgehead atoms. The van der Waals surface area contributed by atoms with Crippen molar-refractivity contribution < 1.29 is 0 Å². The van der Waals surface area contributed by atoms with Crippen LogP contribution in [0.15, 0.2) is 48.0 Å². The minimum absolute atomic E-state index is 0.0156. The van der Waals surface area contributed by atoms with Crippen molar-refractivity contribution in [2.24, 2.45) is 16.5 Å². The van der Waals surface area contributed by atoms with E-state index >= 15 is 0 Å². The van der Waals surface area contributed by atoms with Crippen LogP contribution in [0.25, 0.3) is 0 Å². The lowest BCUT2D eigenvalue weighted by atomic mass is 9.74. The number of rotatable bonds is 6. The lowest BCUT2D eigenvalue weighted by molar-refractivity contribution is 0.256. The van der Waals surface area contributed by atoms with E-state index in [4.69, 9.17) is 11.5 Å². The van der Waals surface area contributed by atoms with Crippen LogP contribution in [-0.4, -0.2) is 15.5 Å². The second kappa shape index (κ2) is 6.44. The zero-order valence-corrected chi connectivity index (χ0v) is 14.5. The van der Waals surface area contributed by atoms with Crippen molar-refractivity contribution in [2.45, 2.75) is 51.6 Å². The maximum absolute atomic E-state index is 5.42. The molecule has 1 aromatic heterocycles. The van der Waals surface area contributed by atoms with Crippen LogP contribution in [0.3, 0.4) is 0 Å². The van der Waals surface area contributed by atoms with Gasteiger partial charge in [-0.2, -0.15) is 0 Å². The van der Waals surface area contributed by atoms with Crippen LogP contribution in [0.1, 0.15) is 45.2 Å². The number of hydrogen-bond donors (Lipinski definition) is 2. The number of imidazole rings is 1. The predicted octanol–water partition coefficient (Wildman–Crippen LogP) is 2.76. The molecule has 0 spiro atoms. The fraction of sp³-hybridized carbons (Fsp3) is 0.444. The highest BCUT2D eigenvalue weighted by Gasteiger charge is 2.31. The van der Waals surface area contributed by atoms with Crippen LogP contribution in [0, 0.1) is 0 Å². The molecule has 0 aliphatic heterocycles. The molecule has 0 aliphatic rings. The van der Waals surface area contributed by atoms with E-state index in [9.17, 15) is 0 Å². The third-order valence-corrected chi connectivity index (χ3v) is 4.23. The fourth-order valence-electron chi connectivity index (χ4n) is 3.17. The summed E-state index contributed by atoms with van der Waals surface area (Å²) in [6, 6.07) is 8.48. The van der Waals surface area contributed by atoms with Gasteiger partial charge in [0.15, 0.2) is 5.96 Å². The summed E-state index contributed by atoms with van der Waals surface area (Å²) in [5.41, 5.74) is 13.2. The topological polar surface area (TPSA) is 82.2 Å². The number of guanidine groups is 1. The molecular weight excluding hydrogens is 286 g/mol. The molecule has 1 heterocycles. The van der Waals surface area contributed by atoms with Gasteiger partial charge in [-0.05, 0) is 36.8 Å². The average Bonchev–Trinajstić information content (AvgIpc) is 2.99. The quantitative estimate of drug-likeness (QED) is 0.635. The highest BCUT2D eigenvalue weighted by molar-refractivity contribution is 5.75. The van der Waals surface area contributed by atoms with Crippen molar-refractivity contribution in [3.63, 3.8) is 0 Å². The maximum atomic E-state index is 5.42. The molecule has 0 saturated heterocycles. The van der Waals surface area contributed by atoms with Crippen molar-refractivity contribution >= 4 is 5.96 Å². The Morgan fingerprint density at radius 1 is 1.22 bits per heavy atom. The Balaban J connectivity index is 2.22. The SMILES string of the molecule is CC(C)(CC(C)(C)n1ccnc1)c1cccc(CN=C(N)N)c1. The first-order valence-corrected chi connectivity index (χ1v) is 7.84. The minimum Gasteiger partial charge on any atom is -0.370 e. The summed E-state index contributed by atoms with van der Waals surface area (Å²) in [6.07, 6.45) is 6.71. The zero-order chi connectivity index (χ0) is 17.1. The van der Waals surface area contributed by atoms with Gasteiger partial charge in [-0.15, -0.1) is 0 Å². The number of aliphatic imine (C=N–C) groups is 1. The molecule has 2 aromatic rings. The van der Waals surface area contributed by atoms with E-state index in [1.165, 1.54) is 5.56 Å². The summed E-state index contributed by atoms with van der Waals surface area (Å²) >= 11 is 0. The largest absolute Gasteiger partial charge is 0.370 e. The second-order valence-corrected chi connectivity index (χ2v) is 7.28. The van der Waals surface area contributed by atoms with Crippen molar-refractivity contribution in [2.75, 3.05) is 0 Å². The van der Waals surface area contributed by atoms with E-state index in [0.717, 1.165) is 12.0 Å². The van der Waals surface area contributed by atoms with Gasteiger partial charge in [-0.3, -0.25) is 0 Å². The van der Waals surface area contributed by atoms with Crippen LogP contribution in [0.4, 0.5) is 0 Å². The number of aromatic nitrogens is 2. The molecule has 0 unspecified atom stereocenters. The predicted molar refractivity (Wildman–Crippen MR) is 95.1 cm³/mol. The Hall–Kier alpha value is -2.30. The number of nitrogens with zero attached hydrogens (tertiary/aromatic N) is 3. The van der Waals surface area contributed by atoms with Gasteiger partial charge in [0.05, 0.1) is 12.9 Å². The molecule has 2 rings (SSSR count). The third kappa shape index (κ3) is 4.34. The molecule has 0 fully saturated rings. The first-order valence-electron chi connectivity index (χ1n) is 7.84. The van der Waals surface area contributed by atoms with Gasteiger partial charge < -0.3 is 16.0 Å². The lowest BCUT2D eigenvalue weighted by Crippen LogP contribution is -2.34. The maximum Gasteiger partial charge on any atom is 0.186 e. The monoisotopic (exact) mass is 313 g/mol. The van der Waals surface area contributed by atoms with Crippen LogP contribution >= 0.6 is 0 Å². The van der Waals surface area contributed by atoms with Crippen molar-refractivity contribution in [1.29, 1.82) is 0 Å². The summed E-state index contributed by atoms with van der Waals surface area (Å²) in [7, 11) is 0. The van der Waals surface area contributed by atoms with Crippen molar-refractivity contribution in [3.8, 4) is 0 Å². The van der Waals surface area contributed by atoms with E-state index in [2.05, 4.69) is 60.4 Å². The Labute approximate surface area is 138 Å². The molecule has 0 radical (unpaired) electrons. The number of nitrogens with two attached hydrogens (primary N) is 2. The van der Waals surface area contributed by atoms with Gasteiger partial charge in [-0.1, -0.05) is 38.1 Å².